The van der Waals surface area contributed by atoms with Gasteiger partial charge in [-0.3, -0.25) is 4.57 Å². The zero-order chi connectivity index (χ0) is 25.9. The quantitative estimate of drug-likeness (QED) is 0.334. The minimum atomic E-state index is -3.75. The summed E-state index contributed by atoms with van der Waals surface area (Å²) < 4.78 is 26.4. The normalized spacial score (nSPS) is 13.8. The molecule has 0 aliphatic rings. The highest BCUT2D eigenvalue weighted by Crippen LogP contribution is 2.65. The molecule has 1 unspecified atom stereocenters. The van der Waals surface area contributed by atoms with E-state index in [9.17, 15) is 9.67 Å². The average molecular weight is 492 g/mol. The molecule has 1 aromatic carbocycles. The lowest BCUT2D eigenvalue weighted by Crippen LogP contribution is -2.20. The minimum Gasteiger partial charge on any atom is -0.507 e. The number of hydrogen-bond donors (Lipinski definition) is 3. The van der Waals surface area contributed by atoms with Gasteiger partial charge in [-0.05, 0) is 46.4 Å². The smallest absolute Gasteiger partial charge is 0.342 e. The third kappa shape index (κ3) is 6.32. The number of pyridine rings is 1. The van der Waals surface area contributed by atoms with Crippen molar-refractivity contribution in [2.24, 2.45) is 0 Å². The maximum absolute atomic E-state index is 14.5. The number of aromatic hydroxyl groups is 1. The van der Waals surface area contributed by atoms with E-state index in [-0.39, 0.29) is 41.4 Å². The molecule has 8 heteroatoms. The van der Waals surface area contributed by atoms with Crippen molar-refractivity contribution in [1.29, 1.82) is 0 Å². The van der Waals surface area contributed by atoms with Crippen molar-refractivity contribution >= 4 is 19.2 Å². The summed E-state index contributed by atoms with van der Waals surface area (Å²) in [7, 11) is -3.75. The second-order valence-electron chi connectivity index (χ2n) is 10.8. The van der Waals surface area contributed by atoms with E-state index < -0.39 is 13.3 Å². The third-order valence-electron chi connectivity index (χ3n) is 5.60. The Labute approximate surface area is 204 Å². The molecule has 0 aliphatic carbocycles. The van der Waals surface area contributed by atoms with Gasteiger partial charge in [0.2, 0.25) is 0 Å². The zero-order valence-electron chi connectivity index (χ0n) is 21.9. The highest BCUT2D eigenvalue weighted by atomic mass is 31.2. The first kappa shape index (κ1) is 28.2. The van der Waals surface area contributed by atoms with Gasteiger partial charge in [-0.15, -0.1) is 0 Å². The molecule has 0 radical (unpaired) electrons. The van der Waals surface area contributed by atoms with Crippen molar-refractivity contribution in [2.75, 3.05) is 24.7 Å². The molecule has 34 heavy (non-hydrogen) atoms. The van der Waals surface area contributed by atoms with Crippen molar-refractivity contribution in [1.82, 2.24) is 4.98 Å². The van der Waals surface area contributed by atoms with Gasteiger partial charge in [0.25, 0.3) is 0 Å². The molecule has 0 aliphatic heterocycles. The fourth-order valence-corrected chi connectivity index (χ4v) is 6.17. The Morgan fingerprint density at radius 3 is 1.79 bits per heavy atom. The van der Waals surface area contributed by atoms with E-state index in [1.165, 1.54) is 0 Å². The molecule has 1 atom stereocenters. The van der Waals surface area contributed by atoms with Crippen molar-refractivity contribution in [3.05, 3.63) is 46.5 Å². The molecule has 5 N–H and O–H groups in total. The van der Waals surface area contributed by atoms with Crippen LogP contribution in [-0.4, -0.2) is 23.3 Å². The molecule has 2 aromatic rings. The fourth-order valence-electron chi connectivity index (χ4n) is 3.85. The summed E-state index contributed by atoms with van der Waals surface area (Å²) in [5, 5.41) is 11.2. The lowest BCUT2D eigenvalue weighted by Gasteiger charge is -2.32. The summed E-state index contributed by atoms with van der Waals surface area (Å²) in [6.45, 7) is 16.7. The summed E-state index contributed by atoms with van der Waals surface area (Å²) in [5.74, 6) is 0.688. The Morgan fingerprint density at radius 2 is 1.41 bits per heavy atom. The number of phenolic OH excluding ortho intramolecular Hbond substituents is 1. The molecule has 0 bridgehead atoms. The first-order valence-corrected chi connectivity index (χ1v) is 13.6. The predicted octanol–water partition coefficient (Wildman–Crippen LogP) is 6.68. The van der Waals surface area contributed by atoms with E-state index in [0.29, 0.717) is 24.0 Å². The van der Waals surface area contributed by atoms with E-state index in [1.807, 2.05) is 67.5 Å². The molecule has 0 amide bonds. The first-order valence-electron chi connectivity index (χ1n) is 11.9. The van der Waals surface area contributed by atoms with Crippen molar-refractivity contribution in [2.45, 2.75) is 84.7 Å². The van der Waals surface area contributed by atoms with E-state index in [4.69, 9.17) is 20.5 Å². The van der Waals surface area contributed by atoms with Gasteiger partial charge in [-0.2, -0.15) is 0 Å². The number of benzene rings is 1. The molecular formula is C26H42N3O4P. The molecule has 1 heterocycles. The molecule has 7 nitrogen and oxygen atoms in total. The van der Waals surface area contributed by atoms with Crippen LogP contribution in [0.25, 0.3) is 0 Å². The van der Waals surface area contributed by atoms with Crippen molar-refractivity contribution in [3.8, 4) is 5.75 Å². The Balaban J connectivity index is 2.95. The van der Waals surface area contributed by atoms with Gasteiger partial charge in [0.1, 0.15) is 23.0 Å². The number of anilines is 2. The maximum Gasteiger partial charge on any atom is 0.342 e. The molecule has 0 saturated carbocycles. The topological polar surface area (TPSA) is 121 Å². The molecule has 1 aromatic heterocycles. The van der Waals surface area contributed by atoms with Gasteiger partial charge < -0.3 is 25.6 Å². The number of nitrogens with two attached hydrogens (primary N) is 2. The Bertz CT molecular complexity index is 994. The lowest BCUT2D eigenvalue weighted by molar-refractivity contribution is 0.199. The third-order valence-corrected chi connectivity index (χ3v) is 7.90. The van der Waals surface area contributed by atoms with Crippen LogP contribution >= 0.6 is 7.60 Å². The summed E-state index contributed by atoms with van der Waals surface area (Å²) in [6, 6.07) is 7.16. The molecule has 190 valence electrons. The van der Waals surface area contributed by atoms with Crippen LogP contribution in [0.2, 0.25) is 0 Å². The number of hydrogen-bond acceptors (Lipinski definition) is 7. The SMILES string of the molecule is CCCOP(=O)(OCCC)C(c1cc(C(C)(C)C)c(O)c(C(C)(C)C)c1)c1ccc(N)nc1N. The number of phenols is 1. The highest BCUT2D eigenvalue weighted by molar-refractivity contribution is 7.54. The number of nitrogens with zero attached hydrogens (tertiary/aromatic N) is 1. The highest BCUT2D eigenvalue weighted by Gasteiger charge is 2.41. The Kier molecular flexibility index (Phi) is 8.84. The van der Waals surface area contributed by atoms with Gasteiger partial charge in [0, 0.05) is 5.56 Å². The van der Waals surface area contributed by atoms with Crippen LogP contribution in [0.15, 0.2) is 24.3 Å². The van der Waals surface area contributed by atoms with Gasteiger partial charge in [-0.1, -0.05) is 73.6 Å². The van der Waals surface area contributed by atoms with Crippen LogP contribution in [-0.2, 0) is 24.4 Å². The number of aromatic nitrogens is 1. The van der Waals surface area contributed by atoms with Gasteiger partial charge in [-0.25, -0.2) is 4.98 Å². The monoisotopic (exact) mass is 491 g/mol. The largest absolute Gasteiger partial charge is 0.507 e. The molecule has 0 fully saturated rings. The second-order valence-corrected chi connectivity index (χ2v) is 12.9. The molecule has 0 spiro atoms. The molecular weight excluding hydrogens is 449 g/mol. The lowest BCUT2D eigenvalue weighted by atomic mass is 9.78. The summed E-state index contributed by atoms with van der Waals surface area (Å²) >= 11 is 0. The molecule has 2 rings (SSSR count). The Hall–Kier alpha value is -2.08. The predicted molar refractivity (Wildman–Crippen MR) is 141 cm³/mol. The van der Waals surface area contributed by atoms with Crippen molar-refractivity contribution < 1.29 is 18.7 Å². The van der Waals surface area contributed by atoms with Crippen LogP contribution in [0, 0.1) is 0 Å². The van der Waals surface area contributed by atoms with Crippen molar-refractivity contribution in [3.63, 3.8) is 0 Å². The summed E-state index contributed by atoms with van der Waals surface area (Å²) in [4.78, 5) is 4.23. The van der Waals surface area contributed by atoms with E-state index in [1.54, 1.807) is 12.1 Å². The van der Waals surface area contributed by atoms with Gasteiger partial charge in [0.05, 0.1) is 13.2 Å². The van der Waals surface area contributed by atoms with Crippen LogP contribution in [0.3, 0.4) is 0 Å². The summed E-state index contributed by atoms with van der Waals surface area (Å²) in [6.07, 6.45) is 1.36. The van der Waals surface area contributed by atoms with E-state index in [0.717, 1.165) is 11.1 Å². The second kappa shape index (κ2) is 10.7. The number of nitrogen functional groups attached to an aromatic ring is 2. The van der Waals surface area contributed by atoms with Gasteiger partial charge >= 0.3 is 7.60 Å². The van der Waals surface area contributed by atoms with Crippen LogP contribution in [0.1, 0.15) is 96.1 Å². The maximum atomic E-state index is 14.5. The standard InChI is InChI=1S/C26H42N3O4P/c1-9-13-32-34(31,33-14-10-2)23(18-11-12-21(27)29-24(18)28)17-15-19(25(3,4)5)22(30)20(16-17)26(6,7)8/h11-12,15-16,23,30H,9-10,13-14H2,1-8H3,(H4,27,28,29). The first-order chi connectivity index (χ1) is 15.7. The van der Waals surface area contributed by atoms with E-state index >= 15 is 0 Å². The zero-order valence-corrected chi connectivity index (χ0v) is 22.8. The van der Waals surface area contributed by atoms with Crippen LogP contribution < -0.4 is 11.5 Å². The van der Waals surface area contributed by atoms with E-state index in [2.05, 4.69) is 4.98 Å². The minimum absolute atomic E-state index is 0.174. The van der Waals surface area contributed by atoms with Crippen LogP contribution in [0.5, 0.6) is 5.75 Å². The number of rotatable bonds is 9. The molecule has 0 saturated heterocycles. The van der Waals surface area contributed by atoms with Gasteiger partial charge in [0.15, 0.2) is 0 Å². The summed E-state index contributed by atoms with van der Waals surface area (Å²) in [5.41, 5.74) is 13.3. The fraction of sp³-hybridized carbons (Fsp3) is 0.577. The Morgan fingerprint density at radius 1 is 0.941 bits per heavy atom. The average Bonchev–Trinajstić information content (AvgIpc) is 2.72. The van der Waals surface area contributed by atoms with Crippen LogP contribution in [0.4, 0.5) is 11.6 Å².